The summed E-state index contributed by atoms with van der Waals surface area (Å²) in [7, 11) is -1.81. The van der Waals surface area contributed by atoms with Crippen LogP contribution in [0.3, 0.4) is 0 Å². The van der Waals surface area contributed by atoms with E-state index in [1.54, 1.807) is 24.5 Å². The van der Waals surface area contributed by atoms with E-state index in [4.69, 9.17) is 0 Å². The molecule has 30 heavy (non-hydrogen) atoms. The van der Waals surface area contributed by atoms with Crippen LogP contribution in [0.2, 0.25) is 0 Å². The molecule has 10 heteroatoms. The van der Waals surface area contributed by atoms with Gasteiger partial charge in [-0.15, -0.1) is 0 Å². The molecule has 0 amide bonds. The maximum atomic E-state index is 12.7. The third kappa shape index (κ3) is 3.94. The molecule has 3 heterocycles. The van der Waals surface area contributed by atoms with Gasteiger partial charge in [0.1, 0.15) is 11.5 Å². The number of aromatic amines is 1. The Bertz CT molecular complexity index is 1240. The minimum absolute atomic E-state index is 0.163. The van der Waals surface area contributed by atoms with E-state index < -0.39 is 22.7 Å². The highest BCUT2D eigenvalue weighted by Crippen LogP contribution is 2.29. The molecule has 0 spiro atoms. The van der Waals surface area contributed by atoms with E-state index in [1.807, 2.05) is 0 Å². The molecular weight excluding hydrogens is 417 g/mol. The zero-order valence-electron chi connectivity index (χ0n) is 15.1. The van der Waals surface area contributed by atoms with Gasteiger partial charge in [0.2, 0.25) is 0 Å². The molecule has 1 aromatic carbocycles. The predicted molar refractivity (Wildman–Crippen MR) is 105 cm³/mol. The summed E-state index contributed by atoms with van der Waals surface area (Å²) in [6.07, 6.45) is 0.0692. The molecule has 0 aliphatic rings. The van der Waals surface area contributed by atoms with Crippen molar-refractivity contribution >= 4 is 33.6 Å². The van der Waals surface area contributed by atoms with Gasteiger partial charge >= 0.3 is 6.18 Å². The minimum atomic E-state index is -4.46. The third-order valence-electron chi connectivity index (χ3n) is 4.31. The van der Waals surface area contributed by atoms with Gasteiger partial charge in [0.15, 0.2) is 16.8 Å². The van der Waals surface area contributed by atoms with Crippen molar-refractivity contribution in [3.63, 3.8) is 0 Å². The average molecular weight is 430 g/mol. The lowest BCUT2D eigenvalue weighted by Gasteiger charge is -2.09. The van der Waals surface area contributed by atoms with Gasteiger partial charge in [-0.1, -0.05) is 0 Å². The maximum Gasteiger partial charge on any atom is 0.416 e. The molecule has 0 aliphatic heterocycles. The number of pyridine rings is 2. The molecule has 0 saturated heterocycles. The SMILES string of the molecule is O=C(c1ccc(NS(=O)c2ccc(C(F)(F)F)cc2)nc1)c1c[nH]c2ncccc12. The Morgan fingerprint density at radius 1 is 1.03 bits per heavy atom. The number of nitrogens with zero attached hydrogens (tertiary/aromatic N) is 2. The van der Waals surface area contributed by atoms with Crippen LogP contribution in [0.25, 0.3) is 11.0 Å². The van der Waals surface area contributed by atoms with Crippen molar-refractivity contribution < 1.29 is 22.2 Å². The van der Waals surface area contributed by atoms with Crippen LogP contribution >= 0.6 is 0 Å². The minimum Gasteiger partial charge on any atom is -0.345 e. The number of alkyl halides is 3. The molecule has 0 aliphatic carbocycles. The molecule has 4 aromatic rings. The van der Waals surface area contributed by atoms with Gasteiger partial charge in [0, 0.05) is 35.1 Å². The third-order valence-corrected chi connectivity index (χ3v) is 5.41. The van der Waals surface area contributed by atoms with Crippen molar-refractivity contribution in [3.8, 4) is 0 Å². The van der Waals surface area contributed by atoms with Gasteiger partial charge in [-0.2, -0.15) is 13.2 Å². The molecule has 6 nitrogen and oxygen atoms in total. The number of ketones is 1. The number of benzene rings is 1. The summed E-state index contributed by atoms with van der Waals surface area (Å²) in [5, 5.41) is 0.688. The van der Waals surface area contributed by atoms with Gasteiger partial charge in [-0.25, -0.2) is 14.2 Å². The molecule has 0 radical (unpaired) electrons. The summed E-state index contributed by atoms with van der Waals surface area (Å²) < 4.78 is 52.8. The second kappa shape index (κ2) is 7.71. The molecule has 0 saturated carbocycles. The molecule has 0 bridgehead atoms. The van der Waals surface area contributed by atoms with E-state index in [1.165, 1.54) is 18.3 Å². The Kier molecular flexibility index (Phi) is 5.08. The van der Waals surface area contributed by atoms with Crippen LogP contribution in [0.4, 0.5) is 19.0 Å². The highest BCUT2D eigenvalue weighted by atomic mass is 32.2. The maximum absolute atomic E-state index is 12.7. The number of carbonyl (C=O) groups excluding carboxylic acids is 1. The predicted octanol–water partition coefficient (Wildman–Crippen LogP) is 4.34. The highest BCUT2D eigenvalue weighted by molar-refractivity contribution is 7.86. The fraction of sp³-hybridized carbons (Fsp3) is 0.0500. The summed E-state index contributed by atoms with van der Waals surface area (Å²) in [5.41, 5.74) is 0.551. The lowest BCUT2D eigenvalue weighted by molar-refractivity contribution is -0.137. The molecular formula is C20H13F3N4O2S. The van der Waals surface area contributed by atoms with Crippen molar-refractivity contribution in [2.24, 2.45) is 0 Å². The zero-order chi connectivity index (χ0) is 21.3. The Balaban J connectivity index is 1.48. The first kappa shape index (κ1) is 19.8. The largest absolute Gasteiger partial charge is 0.416 e. The van der Waals surface area contributed by atoms with Gasteiger partial charge < -0.3 is 4.98 Å². The number of anilines is 1. The second-order valence-corrected chi connectivity index (χ2v) is 7.47. The molecule has 152 valence electrons. The van der Waals surface area contributed by atoms with Gasteiger partial charge in [0.05, 0.1) is 10.5 Å². The van der Waals surface area contributed by atoms with E-state index in [9.17, 15) is 22.2 Å². The van der Waals surface area contributed by atoms with E-state index >= 15 is 0 Å². The molecule has 1 atom stereocenters. The van der Waals surface area contributed by atoms with Crippen molar-refractivity contribution in [3.05, 3.63) is 83.8 Å². The average Bonchev–Trinajstić information content (AvgIpc) is 3.17. The molecule has 1 unspecified atom stereocenters. The first-order valence-corrected chi connectivity index (χ1v) is 9.76. The Hall–Kier alpha value is -3.53. The summed E-state index contributed by atoms with van der Waals surface area (Å²) >= 11 is 0. The van der Waals surface area contributed by atoms with Crippen LogP contribution in [0, 0.1) is 0 Å². The van der Waals surface area contributed by atoms with Gasteiger partial charge in [-0.3, -0.25) is 9.52 Å². The number of hydrogen-bond donors (Lipinski definition) is 2. The van der Waals surface area contributed by atoms with E-state index in [2.05, 4.69) is 19.7 Å². The lowest BCUT2D eigenvalue weighted by Crippen LogP contribution is -2.09. The summed E-state index contributed by atoms with van der Waals surface area (Å²) in [4.78, 5) is 24.0. The number of aromatic nitrogens is 3. The first-order chi connectivity index (χ1) is 14.3. The Labute approximate surface area is 170 Å². The van der Waals surface area contributed by atoms with Crippen LogP contribution in [-0.2, 0) is 17.2 Å². The summed E-state index contributed by atoms with van der Waals surface area (Å²) in [6.45, 7) is 0. The molecule has 0 fully saturated rings. The number of halogens is 3. The Morgan fingerprint density at radius 2 is 1.80 bits per heavy atom. The quantitative estimate of drug-likeness (QED) is 0.461. The zero-order valence-corrected chi connectivity index (χ0v) is 15.9. The van der Waals surface area contributed by atoms with Crippen LogP contribution < -0.4 is 4.72 Å². The number of hydrogen-bond acceptors (Lipinski definition) is 4. The normalized spacial score (nSPS) is 12.6. The van der Waals surface area contributed by atoms with Crippen molar-refractivity contribution in [1.82, 2.24) is 15.0 Å². The molecule has 3 aromatic heterocycles. The fourth-order valence-electron chi connectivity index (χ4n) is 2.81. The summed E-state index contributed by atoms with van der Waals surface area (Å²) in [5.74, 6) is -0.0393. The monoisotopic (exact) mass is 430 g/mol. The van der Waals surface area contributed by atoms with Crippen LogP contribution in [-0.4, -0.2) is 24.9 Å². The van der Waals surface area contributed by atoms with Crippen LogP contribution in [0.1, 0.15) is 21.5 Å². The topological polar surface area (TPSA) is 87.7 Å². The first-order valence-electron chi connectivity index (χ1n) is 8.61. The van der Waals surface area contributed by atoms with E-state index in [0.717, 1.165) is 24.3 Å². The second-order valence-electron chi connectivity index (χ2n) is 6.26. The number of carbonyl (C=O) groups is 1. The molecule has 2 N–H and O–H groups in total. The lowest BCUT2D eigenvalue weighted by atomic mass is 10.1. The van der Waals surface area contributed by atoms with Crippen LogP contribution in [0.15, 0.2) is 72.0 Å². The number of nitrogens with one attached hydrogen (secondary N) is 2. The van der Waals surface area contributed by atoms with Gasteiger partial charge in [0.25, 0.3) is 0 Å². The van der Waals surface area contributed by atoms with Crippen molar-refractivity contribution in [2.45, 2.75) is 11.1 Å². The van der Waals surface area contributed by atoms with Gasteiger partial charge in [-0.05, 0) is 48.5 Å². The van der Waals surface area contributed by atoms with E-state index in [0.29, 0.717) is 22.2 Å². The van der Waals surface area contributed by atoms with E-state index in [-0.39, 0.29) is 16.5 Å². The van der Waals surface area contributed by atoms with Crippen molar-refractivity contribution in [2.75, 3.05) is 4.72 Å². The van der Waals surface area contributed by atoms with Crippen molar-refractivity contribution in [1.29, 1.82) is 0 Å². The fourth-order valence-corrected chi connectivity index (χ4v) is 3.62. The highest BCUT2D eigenvalue weighted by Gasteiger charge is 2.30. The standard InChI is InChI=1S/C20H13F3N4O2S/c21-20(22,23)13-4-6-14(7-5-13)30(29)27-17-8-3-12(10-25-17)18(28)16-11-26-19-15(16)2-1-9-24-19/h1-11H,(H,24,26)(H,25,27). The molecule has 4 rings (SSSR count). The summed E-state index contributed by atoms with van der Waals surface area (Å²) in [6, 6.07) is 10.5. The van der Waals surface area contributed by atoms with Crippen LogP contribution in [0.5, 0.6) is 0 Å². The Morgan fingerprint density at radius 3 is 2.47 bits per heavy atom. The number of H-pyrrole nitrogens is 1. The number of fused-ring (bicyclic) bond motifs is 1. The number of rotatable bonds is 5. The smallest absolute Gasteiger partial charge is 0.345 e.